The van der Waals surface area contributed by atoms with Crippen LogP contribution in [-0.2, 0) is 4.79 Å². The van der Waals surface area contributed by atoms with Gasteiger partial charge in [-0.15, -0.1) is 0 Å². The lowest BCUT2D eigenvalue weighted by Crippen LogP contribution is -2.45. The van der Waals surface area contributed by atoms with E-state index in [-0.39, 0.29) is 11.4 Å². The first kappa shape index (κ1) is 8.79. The fraction of sp³-hybridized carbons (Fsp3) is 0.727. The van der Waals surface area contributed by atoms with Gasteiger partial charge < -0.3 is 5.32 Å². The Morgan fingerprint density at radius 1 is 1.46 bits per heavy atom. The zero-order valence-electron chi connectivity index (χ0n) is 8.23. The summed E-state index contributed by atoms with van der Waals surface area (Å²) < 4.78 is 0. The summed E-state index contributed by atoms with van der Waals surface area (Å²) in [6.45, 7) is 5.44. The van der Waals surface area contributed by atoms with E-state index in [0.29, 0.717) is 5.57 Å². The molecule has 13 heavy (non-hydrogen) atoms. The Labute approximate surface area is 79.4 Å². The number of hydrogen-bond acceptors (Lipinski definition) is 1. The molecule has 2 nitrogen and oxygen atoms in total. The summed E-state index contributed by atoms with van der Waals surface area (Å²) in [6, 6.07) is 0. The standard InChI is InChI=1S/C11H17NO/c1-8(2)10(13)12-11-5-3-9(7-11)4-6-11/h9H,1,3-7H2,2H3,(H,12,13). The van der Waals surface area contributed by atoms with E-state index < -0.39 is 0 Å². The molecule has 2 fully saturated rings. The van der Waals surface area contributed by atoms with Crippen LogP contribution in [0.15, 0.2) is 12.2 Å². The molecule has 72 valence electrons. The van der Waals surface area contributed by atoms with E-state index in [1.165, 1.54) is 32.1 Å². The van der Waals surface area contributed by atoms with Crippen molar-refractivity contribution in [3.8, 4) is 0 Å². The Bertz CT molecular complexity index is 249. The van der Waals surface area contributed by atoms with E-state index >= 15 is 0 Å². The molecule has 1 N–H and O–H groups in total. The molecule has 0 aromatic carbocycles. The van der Waals surface area contributed by atoms with Gasteiger partial charge in [-0.3, -0.25) is 4.79 Å². The van der Waals surface area contributed by atoms with Crippen LogP contribution in [0.4, 0.5) is 0 Å². The average molecular weight is 179 g/mol. The number of rotatable bonds is 2. The Hall–Kier alpha value is -0.790. The minimum absolute atomic E-state index is 0.0440. The molecule has 0 radical (unpaired) electrons. The molecule has 0 unspecified atom stereocenters. The van der Waals surface area contributed by atoms with E-state index in [9.17, 15) is 4.79 Å². The summed E-state index contributed by atoms with van der Waals surface area (Å²) >= 11 is 0. The van der Waals surface area contributed by atoms with Gasteiger partial charge in [0.2, 0.25) is 5.91 Å². The first-order valence-corrected chi connectivity index (χ1v) is 5.09. The molecule has 0 saturated heterocycles. The number of amides is 1. The molecule has 2 saturated carbocycles. The smallest absolute Gasteiger partial charge is 0.246 e. The summed E-state index contributed by atoms with van der Waals surface area (Å²) in [6.07, 6.45) is 6.16. The highest BCUT2D eigenvalue weighted by molar-refractivity contribution is 5.92. The second-order valence-corrected chi connectivity index (χ2v) is 4.66. The molecular weight excluding hydrogens is 162 g/mol. The number of nitrogens with one attached hydrogen (secondary N) is 1. The molecular formula is C11H17NO. The molecule has 0 aromatic heterocycles. The summed E-state index contributed by atoms with van der Waals surface area (Å²) in [4.78, 5) is 11.5. The highest BCUT2D eigenvalue weighted by Gasteiger charge is 2.45. The number of carbonyl (C=O) groups excluding carboxylic acids is 1. The van der Waals surface area contributed by atoms with Crippen LogP contribution in [-0.4, -0.2) is 11.4 Å². The molecule has 2 heteroatoms. The predicted octanol–water partition coefficient (Wildman–Crippen LogP) is 2.01. The zero-order valence-corrected chi connectivity index (χ0v) is 8.23. The van der Waals surface area contributed by atoms with Crippen molar-refractivity contribution < 1.29 is 4.79 Å². The third-order valence-electron chi connectivity index (χ3n) is 3.51. The fourth-order valence-corrected chi connectivity index (χ4v) is 2.71. The first-order valence-electron chi connectivity index (χ1n) is 5.09. The Balaban J connectivity index is 2.01. The maximum absolute atomic E-state index is 11.5. The second-order valence-electron chi connectivity index (χ2n) is 4.66. The quantitative estimate of drug-likeness (QED) is 0.645. The molecule has 2 aliphatic rings. The molecule has 2 aliphatic carbocycles. The van der Waals surface area contributed by atoms with Crippen molar-refractivity contribution in [2.45, 2.75) is 44.6 Å². The van der Waals surface area contributed by atoms with Gasteiger partial charge in [0.05, 0.1) is 0 Å². The molecule has 0 aliphatic heterocycles. The molecule has 2 rings (SSSR count). The van der Waals surface area contributed by atoms with Gasteiger partial charge in [0.1, 0.15) is 0 Å². The summed E-state index contributed by atoms with van der Waals surface area (Å²) in [5, 5.41) is 3.14. The van der Waals surface area contributed by atoms with Gasteiger partial charge in [-0.25, -0.2) is 0 Å². The van der Waals surface area contributed by atoms with Crippen LogP contribution in [0.25, 0.3) is 0 Å². The second kappa shape index (κ2) is 2.86. The lowest BCUT2D eigenvalue weighted by atomic mass is 9.93. The highest BCUT2D eigenvalue weighted by atomic mass is 16.1. The van der Waals surface area contributed by atoms with Crippen molar-refractivity contribution in [1.29, 1.82) is 0 Å². The lowest BCUT2D eigenvalue weighted by molar-refractivity contribution is -0.119. The normalized spacial score (nSPS) is 36.2. The van der Waals surface area contributed by atoms with Gasteiger partial charge in [0, 0.05) is 11.1 Å². The van der Waals surface area contributed by atoms with Crippen molar-refractivity contribution in [3.63, 3.8) is 0 Å². The SMILES string of the molecule is C=C(C)C(=O)NC12CCC(CC1)C2. The Kier molecular flexibility index (Phi) is 1.94. The van der Waals surface area contributed by atoms with Crippen LogP contribution < -0.4 is 5.32 Å². The van der Waals surface area contributed by atoms with Crippen LogP contribution in [0, 0.1) is 5.92 Å². The van der Waals surface area contributed by atoms with Gasteiger partial charge in [0.15, 0.2) is 0 Å². The monoisotopic (exact) mass is 179 g/mol. The minimum atomic E-state index is 0.0440. The van der Waals surface area contributed by atoms with Gasteiger partial charge >= 0.3 is 0 Å². The minimum Gasteiger partial charge on any atom is -0.347 e. The van der Waals surface area contributed by atoms with E-state index in [1.807, 2.05) is 0 Å². The molecule has 0 heterocycles. The summed E-state index contributed by atoms with van der Waals surface area (Å²) in [5.74, 6) is 0.924. The topological polar surface area (TPSA) is 29.1 Å². The Morgan fingerprint density at radius 2 is 2.08 bits per heavy atom. The predicted molar refractivity (Wildman–Crippen MR) is 52.3 cm³/mol. The maximum Gasteiger partial charge on any atom is 0.246 e. The van der Waals surface area contributed by atoms with E-state index in [4.69, 9.17) is 0 Å². The molecule has 2 bridgehead atoms. The Morgan fingerprint density at radius 3 is 2.46 bits per heavy atom. The van der Waals surface area contributed by atoms with Crippen molar-refractivity contribution >= 4 is 5.91 Å². The zero-order chi connectivity index (χ0) is 9.47. The molecule has 0 atom stereocenters. The third kappa shape index (κ3) is 1.50. The molecule has 1 amide bonds. The van der Waals surface area contributed by atoms with Gasteiger partial charge in [-0.1, -0.05) is 6.58 Å². The number of fused-ring (bicyclic) bond motifs is 2. The van der Waals surface area contributed by atoms with Crippen molar-refractivity contribution in [1.82, 2.24) is 5.32 Å². The average Bonchev–Trinajstić information content (AvgIpc) is 2.62. The van der Waals surface area contributed by atoms with Crippen molar-refractivity contribution in [2.75, 3.05) is 0 Å². The van der Waals surface area contributed by atoms with Crippen LogP contribution in [0.1, 0.15) is 39.0 Å². The third-order valence-corrected chi connectivity index (χ3v) is 3.51. The highest BCUT2D eigenvalue weighted by Crippen LogP contribution is 2.47. The van der Waals surface area contributed by atoms with Gasteiger partial charge in [-0.05, 0) is 44.9 Å². The number of hydrogen-bond donors (Lipinski definition) is 1. The van der Waals surface area contributed by atoms with Crippen molar-refractivity contribution in [2.24, 2.45) is 5.92 Å². The fourth-order valence-electron chi connectivity index (χ4n) is 2.71. The summed E-state index contributed by atoms with van der Waals surface area (Å²) in [5.41, 5.74) is 0.783. The van der Waals surface area contributed by atoms with Crippen LogP contribution in [0.3, 0.4) is 0 Å². The maximum atomic E-state index is 11.5. The molecule has 0 spiro atoms. The van der Waals surface area contributed by atoms with Crippen LogP contribution in [0.2, 0.25) is 0 Å². The van der Waals surface area contributed by atoms with Gasteiger partial charge in [-0.2, -0.15) is 0 Å². The van der Waals surface area contributed by atoms with Crippen molar-refractivity contribution in [3.05, 3.63) is 12.2 Å². The van der Waals surface area contributed by atoms with Crippen LogP contribution >= 0.6 is 0 Å². The van der Waals surface area contributed by atoms with E-state index in [0.717, 1.165) is 5.92 Å². The van der Waals surface area contributed by atoms with Gasteiger partial charge in [0.25, 0.3) is 0 Å². The number of carbonyl (C=O) groups is 1. The van der Waals surface area contributed by atoms with Crippen LogP contribution in [0.5, 0.6) is 0 Å². The largest absolute Gasteiger partial charge is 0.347 e. The lowest BCUT2D eigenvalue weighted by Gasteiger charge is -2.27. The van der Waals surface area contributed by atoms with E-state index in [2.05, 4.69) is 11.9 Å². The molecule has 0 aromatic rings. The summed E-state index contributed by atoms with van der Waals surface area (Å²) in [7, 11) is 0. The van der Waals surface area contributed by atoms with E-state index in [1.54, 1.807) is 6.92 Å². The first-order chi connectivity index (χ1) is 6.11.